The SMILES string of the molecule is CCCCCCCCCCC(Cl)C(=O)OC(=O)C(Cl)CCCCCCCCCC. The zero-order valence-electron chi connectivity index (χ0n) is 18.9. The molecule has 0 bridgehead atoms. The zero-order valence-corrected chi connectivity index (χ0v) is 20.4. The topological polar surface area (TPSA) is 43.4 Å². The summed E-state index contributed by atoms with van der Waals surface area (Å²) in [6, 6.07) is 0. The van der Waals surface area contributed by atoms with Crippen LogP contribution in [0.2, 0.25) is 0 Å². The third-order valence-corrected chi connectivity index (χ3v) is 6.13. The van der Waals surface area contributed by atoms with Crippen LogP contribution < -0.4 is 0 Å². The number of carbonyl (C=O) groups is 2. The number of ether oxygens (including phenoxy) is 1. The highest BCUT2D eigenvalue weighted by Gasteiger charge is 2.24. The molecule has 0 N–H and O–H groups in total. The van der Waals surface area contributed by atoms with Crippen LogP contribution in [0, 0.1) is 0 Å². The van der Waals surface area contributed by atoms with E-state index in [0.717, 1.165) is 25.7 Å². The molecular weight excluding hydrogens is 407 g/mol. The van der Waals surface area contributed by atoms with Crippen molar-refractivity contribution in [2.45, 2.75) is 140 Å². The van der Waals surface area contributed by atoms with Crippen molar-refractivity contribution in [3.05, 3.63) is 0 Å². The third kappa shape index (κ3) is 18.2. The smallest absolute Gasteiger partial charge is 0.331 e. The summed E-state index contributed by atoms with van der Waals surface area (Å²) in [5.74, 6) is -1.30. The molecule has 2 unspecified atom stereocenters. The van der Waals surface area contributed by atoms with Gasteiger partial charge in [0.25, 0.3) is 0 Å². The highest BCUT2D eigenvalue weighted by atomic mass is 35.5. The molecule has 0 fully saturated rings. The van der Waals surface area contributed by atoms with Crippen LogP contribution in [-0.4, -0.2) is 22.7 Å². The summed E-state index contributed by atoms with van der Waals surface area (Å²) in [6.07, 6.45) is 20.1. The first-order valence-corrected chi connectivity index (χ1v) is 12.9. The van der Waals surface area contributed by atoms with Gasteiger partial charge in [-0.05, 0) is 12.8 Å². The van der Waals surface area contributed by atoms with Crippen LogP contribution in [0.3, 0.4) is 0 Å². The standard InChI is InChI=1S/C24H44Cl2O3/c1-3-5-7-9-11-13-15-17-19-21(25)23(27)29-24(28)22(26)20-18-16-14-12-10-8-6-4-2/h21-22H,3-20H2,1-2H3. The maximum absolute atomic E-state index is 12.0. The van der Waals surface area contributed by atoms with E-state index in [0.29, 0.717) is 12.8 Å². The number of halogens is 2. The minimum atomic E-state index is -0.758. The molecule has 0 aromatic carbocycles. The molecule has 0 saturated heterocycles. The summed E-state index contributed by atoms with van der Waals surface area (Å²) in [5.41, 5.74) is 0. The molecule has 0 saturated carbocycles. The number of esters is 2. The molecule has 29 heavy (non-hydrogen) atoms. The first kappa shape index (κ1) is 28.7. The number of hydrogen-bond acceptors (Lipinski definition) is 3. The monoisotopic (exact) mass is 450 g/mol. The Kier molecular flexibility index (Phi) is 20.8. The van der Waals surface area contributed by atoms with Gasteiger partial charge in [0.1, 0.15) is 10.8 Å². The molecule has 0 radical (unpaired) electrons. The maximum Gasteiger partial charge on any atom is 0.331 e. The molecule has 0 amide bonds. The average molecular weight is 452 g/mol. The molecule has 0 aliphatic rings. The number of unbranched alkanes of at least 4 members (excludes halogenated alkanes) is 14. The molecule has 0 aromatic heterocycles. The maximum atomic E-state index is 12.0. The predicted octanol–water partition coefficient (Wildman–Crippen LogP) is 8.33. The summed E-state index contributed by atoms with van der Waals surface area (Å²) in [4.78, 5) is 23.9. The van der Waals surface area contributed by atoms with Crippen LogP contribution in [0.1, 0.15) is 129 Å². The normalized spacial score (nSPS) is 13.2. The highest BCUT2D eigenvalue weighted by molar-refractivity contribution is 6.33. The van der Waals surface area contributed by atoms with Crippen LogP contribution in [0.5, 0.6) is 0 Å². The van der Waals surface area contributed by atoms with Crippen molar-refractivity contribution in [1.29, 1.82) is 0 Å². The molecule has 0 aliphatic heterocycles. The van der Waals surface area contributed by atoms with E-state index in [-0.39, 0.29) is 0 Å². The lowest BCUT2D eigenvalue weighted by molar-refractivity contribution is -0.159. The summed E-state index contributed by atoms with van der Waals surface area (Å²) < 4.78 is 4.88. The first-order valence-electron chi connectivity index (χ1n) is 12.1. The molecule has 3 nitrogen and oxygen atoms in total. The fourth-order valence-corrected chi connectivity index (χ4v) is 3.78. The Labute approximate surface area is 189 Å². The Morgan fingerprint density at radius 2 is 0.828 bits per heavy atom. The Bertz CT molecular complexity index is 366. The molecule has 0 aromatic rings. The molecule has 5 heteroatoms. The largest absolute Gasteiger partial charge is 0.391 e. The Balaban J connectivity index is 3.70. The lowest BCUT2D eigenvalue weighted by atomic mass is 10.1. The average Bonchev–Trinajstić information content (AvgIpc) is 2.71. The molecule has 0 heterocycles. The number of rotatable bonds is 20. The second-order valence-corrected chi connectivity index (χ2v) is 9.26. The van der Waals surface area contributed by atoms with Crippen molar-refractivity contribution >= 4 is 35.1 Å². The molecule has 172 valence electrons. The van der Waals surface area contributed by atoms with Crippen molar-refractivity contribution in [3.63, 3.8) is 0 Å². The zero-order chi connectivity index (χ0) is 21.7. The van der Waals surface area contributed by atoms with Crippen LogP contribution in [0.4, 0.5) is 0 Å². The van der Waals surface area contributed by atoms with Gasteiger partial charge in [-0.3, -0.25) is 0 Å². The van der Waals surface area contributed by atoms with Gasteiger partial charge in [0.2, 0.25) is 0 Å². The van der Waals surface area contributed by atoms with E-state index >= 15 is 0 Å². The van der Waals surface area contributed by atoms with E-state index in [1.54, 1.807) is 0 Å². The second-order valence-electron chi connectivity index (χ2n) is 8.20. The number of carbonyl (C=O) groups excluding carboxylic acids is 2. The van der Waals surface area contributed by atoms with Crippen molar-refractivity contribution in [2.75, 3.05) is 0 Å². The van der Waals surface area contributed by atoms with E-state index < -0.39 is 22.7 Å². The summed E-state index contributed by atoms with van der Waals surface area (Å²) >= 11 is 12.2. The molecule has 2 atom stereocenters. The van der Waals surface area contributed by atoms with Gasteiger partial charge in [0.05, 0.1) is 0 Å². The van der Waals surface area contributed by atoms with E-state index in [9.17, 15) is 9.59 Å². The Morgan fingerprint density at radius 3 is 1.14 bits per heavy atom. The van der Waals surface area contributed by atoms with Gasteiger partial charge in [-0.15, -0.1) is 23.2 Å². The lowest BCUT2D eigenvalue weighted by Crippen LogP contribution is -2.26. The third-order valence-electron chi connectivity index (χ3n) is 5.33. The van der Waals surface area contributed by atoms with Gasteiger partial charge in [0, 0.05) is 0 Å². The highest BCUT2D eigenvalue weighted by Crippen LogP contribution is 2.17. The van der Waals surface area contributed by atoms with Crippen molar-refractivity contribution in [1.82, 2.24) is 0 Å². The van der Waals surface area contributed by atoms with Gasteiger partial charge in [-0.1, -0.05) is 117 Å². The van der Waals surface area contributed by atoms with E-state index in [1.807, 2.05) is 0 Å². The van der Waals surface area contributed by atoms with Crippen LogP contribution in [-0.2, 0) is 14.3 Å². The molecule has 0 rings (SSSR count). The second kappa shape index (κ2) is 21.0. The minimum Gasteiger partial charge on any atom is -0.391 e. The van der Waals surface area contributed by atoms with E-state index in [1.165, 1.54) is 77.0 Å². The fraction of sp³-hybridized carbons (Fsp3) is 0.917. The summed E-state index contributed by atoms with van der Waals surface area (Å²) in [7, 11) is 0. The van der Waals surface area contributed by atoms with E-state index in [4.69, 9.17) is 27.9 Å². The van der Waals surface area contributed by atoms with Crippen molar-refractivity contribution in [2.24, 2.45) is 0 Å². The quantitative estimate of drug-likeness (QED) is 0.0809. The number of alkyl halides is 2. The van der Waals surface area contributed by atoms with Gasteiger partial charge in [-0.25, -0.2) is 9.59 Å². The van der Waals surface area contributed by atoms with Crippen molar-refractivity contribution < 1.29 is 14.3 Å². The summed E-state index contributed by atoms with van der Waals surface area (Å²) in [6.45, 7) is 4.43. The Morgan fingerprint density at radius 1 is 0.552 bits per heavy atom. The first-order chi connectivity index (χ1) is 14.0. The van der Waals surface area contributed by atoms with E-state index in [2.05, 4.69) is 13.8 Å². The van der Waals surface area contributed by atoms with Gasteiger partial charge >= 0.3 is 11.9 Å². The lowest BCUT2D eigenvalue weighted by Gasteiger charge is -2.11. The van der Waals surface area contributed by atoms with Crippen LogP contribution >= 0.6 is 23.2 Å². The summed E-state index contributed by atoms with van der Waals surface area (Å²) in [5, 5.41) is -1.52. The van der Waals surface area contributed by atoms with Crippen LogP contribution in [0.15, 0.2) is 0 Å². The van der Waals surface area contributed by atoms with Crippen LogP contribution in [0.25, 0.3) is 0 Å². The van der Waals surface area contributed by atoms with Crippen molar-refractivity contribution in [3.8, 4) is 0 Å². The Hall–Kier alpha value is -0.280. The fourth-order valence-electron chi connectivity index (χ4n) is 3.38. The molecule has 0 aliphatic carbocycles. The molecule has 0 spiro atoms. The predicted molar refractivity (Wildman–Crippen MR) is 125 cm³/mol. The minimum absolute atomic E-state index is 0.549. The van der Waals surface area contributed by atoms with Gasteiger partial charge in [0.15, 0.2) is 0 Å². The molecular formula is C24H44Cl2O3. The van der Waals surface area contributed by atoms with Gasteiger partial charge in [-0.2, -0.15) is 0 Å². The van der Waals surface area contributed by atoms with Gasteiger partial charge < -0.3 is 4.74 Å². The number of hydrogen-bond donors (Lipinski definition) is 0.